The highest BCUT2D eigenvalue weighted by molar-refractivity contribution is 6.38. The summed E-state index contributed by atoms with van der Waals surface area (Å²) in [5.74, 6) is -3.64. The number of anilines is 1. The maximum atomic E-state index is 13.7. The quantitative estimate of drug-likeness (QED) is 0.464. The van der Waals surface area contributed by atoms with Crippen molar-refractivity contribution in [3.8, 4) is 17.7 Å². The summed E-state index contributed by atoms with van der Waals surface area (Å²) < 4.78 is 32.8. The van der Waals surface area contributed by atoms with Crippen molar-refractivity contribution in [3.63, 3.8) is 0 Å². The van der Waals surface area contributed by atoms with Crippen LogP contribution in [-0.2, 0) is 0 Å². The van der Waals surface area contributed by atoms with Crippen LogP contribution in [0, 0.1) is 23.0 Å². The van der Waals surface area contributed by atoms with E-state index in [9.17, 15) is 18.4 Å². The fourth-order valence-electron chi connectivity index (χ4n) is 2.43. The molecule has 2 N–H and O–H groups in total. The Morgan fingerprint density at radius 3 is 2.22 bits per heavy atom. The van der Waals surface area contributed by atoms with E-state index < -0.39 is 29.1 Å². The highest BCUT2D eigenvalue weighted by atomic mass is 35.5. The number of imide groups is 1. The van der Waals surface area contributed by atoms with Crippen LogP contribution in [0.1, 0.15) is 15.9 Å². The molecule has 0 atom stereocenters. The molecule has 0 bridgehead atoms. The first kappa shape index (κ1) is 23.2. The van der Waals surface area contributed by atoms with Crippen molar-refractivity contribution in [1.29, 1.82) is 5.26 Å². The van der Waals surface area contributed by atoms with E-state index in [1.165, 1.54) is 24.4 Å². The van der Waals surface area contributed by atoms with Gasteiger partial charge >= 0.3 is 6.03 Å². The van der Waals surface area contributed by atoms with Crippen molar-refractivity contribution in [2.75, 3.05) is 5.32 Å². The Balaban J connectivity index is 1.74. The predicted octanol–water partition coefficient (Wildman–Crippen LogP) is 5.95. The zero-order valence-electron chi connectivity index (χ0n) is 15.6. The molecule has 32 heavy (non-hydrogen) atoms. The Hall–Kier alpha value is -3.45. The number of rotatable bonds is 4. The van der Waals surface area contributed by atoms with Gasteiger partial charge in [0.15, 0.2) is 5.75 Å². The van der Waals surface area contributed by atoms with E-state index in [0.29, 0.717) is 0 Å². The van der Waals surface area contributed by atoms with Gasteiger partial charge in [0.25, 0.3) is 5.91 Å². The Labute approximate surface area is 194 Å². The summed E-state index contributed by atoms with van der Waals surface area (Å²) in [7, 11) is 0. The van der Waals surface area contributed by atoms with Crippen LogP contribution >= 0.6 is 34.8 Å². The number of urea groups is 1. The molecule has 0 unspecified atom stereocenters. The Bertz CT molecular complexity index is 1240. The van der Waals surface area contributed by atoms with Crippen LogP contribution in [0.15, 0.2) is 42.6 Å². The van der Waals surface area contributed by atoms with Gasteiger partial charge in [0.1, 0.15) is 28.3 Å². The Morgan fingerprint density at radius 2 is 1.66 bits per heavy atom. The number of pyridine rings is 1. The monoisotopic (exact) mass is 496 g/mol. The molecule has 3 rings (SSSR count). The molecule has 7 nitrogen and oxygen atoms in total. The summed E-state index contributed by atoms with van der Waals surface area (Å²) in [4.78, 5) is 28.0. The molecular formula is C20H9Cl3F2N4O3. The largest absolute Gasteiger partial charge is 0.434 e. The van der Waals surface area contributed by atoms with Gasteiger partial charge in [-0.2, -0.15) is 5.26 Å². The third-order valence-corrected chi connectivity index (χ3v) is 4.64. The standard InChI is InChI=1S/C20H9Cl3F2N4O3/c21-11-5-10(28-20(31)29-18(30)16-14(24)2-1-3-15(16)25)6-12(22)17(11)32-19-13(23)4-9(7-26)8-27-19/h1-6,8H,(H2,28,29,30,31). The van der Waals surface area contributed by atoms with Gasteiger partial charge in [-0.05, 0) is 30.3 Å². The van der Waals surface area contributed by atoms with Crippen LogP contribution in [0.4, 0.5) is 19.3 Å². The first-order valence-electron chi connectivity index (χ1n) is 8.48. The van der Waals surface area contributed by atoms with Crippen molar-refractivity contribution in [3.05, 3.63) is 80.4 Å². The molecule has 0 radical (unpaired) electrons. The first-order chi connectivity index (χ1) is 15.2. The molecule has 0 saturated carbocycles. The van der Waals surface area contributed by atoms with Gasteiger partial charge < -0.3 is 10.1 Å². The third-order valence-electron chi connectivity index (χ3n) is 3.81. The van der Waals surface area contributed by atoms with Gasteiger partial charge in [0.2, 0.25) is 5.88 Å². The van der Waals surface area contributed by atoms with Gasteiger partial charge in [0.05, 0.1) is 15.6 Å². The third kappa shape index (κ3) is 5.23. The number of carbonyl (C=O) groups is 2. The molecule has 0 aliphatic carbocycles. The minimum Gasteiger partial charge on any atom is -0.434 e. The van der Waals surface area contributed by atoms with Crippen molar-refractivity contribution in [1.82, 2.24) is 10.3 Å². The maximum absolute atomic E-state index is 13.7. The van der Waals surface area contributed by atoms with Gasteiger partial charge in [-0.3, -0.25) is 10.1 Å². The van der Waals surface area contributed by atoms with E-state index in [1.807, 2.05) is 6.07 Å². The molecule has 0 aliphatic rings. The summed E-state index contributed by atoms with van der Waals surface area (Å²) in [5, 5.41) is 12.8. The van der Waals surface area contributed by atoms with E-state index in [4.69, 9.17) is 44.8 Å². The highest BCUT2D eigenvalue weighted by Gasteiger charge is 2.20. The Morgan fingerprint density at radius 1 is 1.03 bits per heavy atom. The van der Waals surface area contributed by atoms with Gasteiger partial charge in [-0.25, -0.2) is 18.6 Å². The zero-order valence-corrected chi connectivity index (χ0v) is 17.8. The second-order valence-corrected chi connectivity index (χ2v) is 7.22. The van der Waals surface area contributed by atoms with Crippen molar-refractivity contribution >= 4 is 52.4 Å². The predicted molar refractivity (Wildman–Crippen MR) is 113 cm³/mol. The number of halogens is 5. The number of hydrogen-bond donors (Lipinski definition) is 2. The molecule has 12 heteroatoms. The fourth-order valence-corrected chi connectivity index (χ4v) is 3.20. The molecule has 1 aromatic heterocycles. The average Bonchev–Trinajstić information content (AvgIpc) is 2.71. The molecule has 0 aliphatic heterocycles. The number of benzene rings is 2. The number of hydrogen-bond acceptors (Lipinski definition) is 5. The number of nitriles is 1. The van der Waals surface area contributed by atoms with Crippen LogP contribution in [0.2, 0.25) is 15.1 Å². The van der Waals surface area contributed by atoms with Crippen LogP contribution in [0.5, 0.6) is 11.6 Å². The number of nitrogens with zero attached hydrogens (tertiary/aromatic N) is 2. The minimum absolute atomic E-state index is 0.0386. The van der Waals surface area contributed by atoms with Gasteiger partial charge in [-0.15, -0.1) is 0 Å². The summed E-state index contributed by atoms with van der Waals surface area (Å²) >= 11 is 18.3. The molecule has 0 spiro atoms. The van der Waals surface area contributed by atoms with E-state index >= 15 is 0 Å². The Kier molecular flexibility index (Phi) is 7.10. The molecule has 1 heterocycles. The lowest BCUT2D eigenvalue weighted by molar-refractivity contribution is 0.0959. The number of ether oxygens (including phenoxy) is 1. The lowest BCUT2D eigenvalue weighted by atomic mass is 10.2. The van der Waals surface area contributed by atoms with Crippen molar-refractivity contribution in [2.45, 2.75) is 0 Å². The fraction of sp³-hybridized carbons (Fsp3) is 0. The topological polar surface area (TPSA) is 104 Å². The normalized spacial score (nSPS) is 10.2. The van der Waals surface area contributed by atoms with E-state index in [1.54, 1.807) is 5.32 Å². The number of carbonyl (C=O) groups excluding carboxylic acids is 2. The summed E-state index contributed by atoms with van der Waals surface area (Å²) in [6, 6.07) is 7.44. The van der Waals surface area contributed by atoms with Crippen LogP contribution in [-0.4, -0.2) is 16.9 Å². The van der Waals surface area contributed by atoms with Crippen molar-refractivity contribution in [2.24, 2.45) is 0 Å². The van der Waals surface area contributed by atoms with Crippen molar-refractivity contribution < 1.29 is 23.1 Å². The molecule has 162 valence electrons. The molecule has 0 fully saturated rings. The van der Waals surface area contributed by atoms with Gasteiger partial charge in [-0.1, -0.05) is 40.9 Å². The average molecular weight is 498 g/mol. The smallest absolute Gasteiger partial charge is 0.326 e. The summed E-state index contributed by atoms with van der Waals surface area (Å²) in [6.07, 6.45) is 1.23. The SMILES string of the molecule is N#Cc1cnc(Oc2c(Cl)cc(NC(=O)NC(=O)c3c(F)cccc3F)cc2Cl)c(Cl)c1. The summed E-state index contributed by atoms with van der Waals surface area (Å²) in [5.41, 5.74) is -0.644. The summed E-state index contributed by atoms with van der Waals surface area (Å²) in [6.45, 7) is 0. The highest BCUT2D eigenvalue weighted by Crippen LogP contribution is 2.40. The lowest BCUT2D eigenvalue weighted by Crippen LogP contribution is -2.35. The van der Waals surface area contributed by atoms with Crippen LogP contribution in [0.3, 0.4) is 0 Å². The van der Waals surface area contributed by atoms with E-state index in [2.05, 4.69) is 10.3 Å². The number of aromatic nitrogens is 1. The van der Waals surface area contributed by atoms with E-state index in [-0.39, 0.29) is 37.9 Å². The minimum atomic E-state index is -1.28. The maximum Gasteiger partial charge on any atom is 0.326 e. The molecule has 3 amide bonds. The second-order valence-electron chi connectivity index (χ2n) is 6.00. The van der Waals surface area contributed by atoms with Crippen LogP contribution < -0.4 is 15.4 Å². The van der Waals surface area contributed by atoms with Gasteiger partial charge in [0, 0.05) is 11.9 Å². The molecular weight excluding hydrogens is 489 g/mol. The lowest BCUT2D eigenvalue weighted by Gasteiger charge is -2.13. The van der Waals surface area contributed by atoms with Crippen LogP contribution in [0.25, 0.3) is 0 Å². The number of amides is 3. The molecule has 3 aromatic rings. The first-order valence-corrected chi connectivity index (χ1v) is 9.62. The molecule has 2 aromatic carbocycles. The molecule has 0 saturated heterocycles. The number of nitrogens with one attached hydrogen (secondary N) is 2. The van der Waals surface area contributed by atoms with E-state index in [0.717, 1.165) is 18.2 Å². The zero-order chi connectivity index (χ0) is 23.4. The second kappa shape index (κ2) is 9.78.